The number of β-amino-alcohol motifs (C(OH)–C–C–N with tert-alkyl or cyclic N) is 1. The maximum Gasteiger partial charge on any atom is 0.294 e. The van der Waals surface area contributed by atoms with Crippen molar-refractivity contribution in [3.05, 3.63) is 33.3 Å². The first kappa shape index (κ1) is 16.0. The van der Waals surface area contributed by atoms with Gasteiger partial charge in [-0.15, -0.1) is 0 Å². The van der Waals surface area contributed by atoms with E-state index in [4.69, 9.17) is 11.6 Å². The van der Waals surface area contributed by atoms with Crippen molar-refractivity contribution in [2.24, 2.45) is 0 Å². The van der Waals surface area contributed by atoms with Gasteiger partial charge >= 0.3 is 0 Å². The molecular weight excluding hydrogens is 294 g/mol. The van der Waals surface area contributed by atoms with Gasteiger partial charge in [-0.05, 0) is 18.6 Å². The highest BCUT2D eigenvalue weighted by molar-refractivity contribution is 6.30. The summed E-state index contributed by atoms with van der Waals surface area (Å²) in [6, 6.07) is 4.78. The van der Waals surface area contributed by atoms with Crippen LogP contribution in [0.15, 0.2) is 18.2 Å². The Hall–Kier alpha value is -1.37. The molecule has 0 aromatic heterocycles. The number of nitro groups is 1. The maximum absolute atomic E-state index is 11.1. The van der Waals surface area contributed by atoms with Gasteiger partial charge in [-0.2, -0.15) is 0 Å². The fourth-order valence-electron chi connectivity index (χ4n) is 2.51. The molecule has 1 aromatic carbocycles. The maximum atomic E-state index is 11.1. The zero-order chi connectivity index (χ0) is 15.4. The van der Waals surface area contributed by atoms with Crippen LogP contribution in [0, 0.1) is 10.1 Å². The standard InChI is InChI=1S/C14H20ClN3O3/c1-2-12(19)10-16-5-7-17(8-6-16)13-4-3-11(15)9-14(13)18(20)21/h3-4,9,12,19H,2,5-8,10H2,1H3. The molecule has 116 valence electrons. The summed E-state index contributed by atoms with van der Waals surface area (Å²) in [7, 11) is 0. The van der Waals surface area contributed by atoms with E-state index in [0.717, 1.165) is 19.5 Å². The lowest BCUT2D eigenvalue weighted by molar-refractivity contribution is -0.384. The van der Waals surface area contributed by atoms with Crippen LogP contribution in [-0.4, -0.2) is 53.8 Å². The summed E-state index contributed by atoms with van der Waals surface area (Å²) in [5, 5.41) is 21.2. The Morgan fingerprint density at radius 2 is 2.05 bits per heavy atom. The monoisotopic (exact) mass is 313 g/mol. The minimum atomic E-state index is -0.394. The smallest absolute Gasteiger partial charge is 0.294 e. The Kier molecular flexibility index (Phi) is 5.39. The highest BCUT2D eigenvalue weighted by Gasteiger charge is 2.24. The molecule has 1 aliphatic heterocycles. The predicted molar refractivity (Wildman–Crippen MR) is 83.1 cm³/mol. The molecule has 21 heavy (non-hydrogen) atoms. The fraction of sp³-hybridized carbons (Fsp3) is 0.571. The van der Waals surface area contributed by atoms with Gasteiger partial charge in [0.25, 0.3) is 5.69 Å². The third-order valence-electron chi connectivity index (χ3n) is 3.79. The largest absolute Gasteiger partial charge is 0.392 e. The van der Waals surface area contributed by atoms with Gasteiger partial charge in [-0.25, -0.2) is 0 Å². The van der Waals surface area contributed by atoms with Crippen molar-refractivity contribution in [2.45, 2.75) is 19.4 Å². The van der Waals surface area contributed by atoms with Crippen LogP contribution >= 0.6 is 11.6 Å². The number of aliphatic hydroxyl groups excluding tert-OH is 1. The van der Waals surface area contributed by atoms with Crippen molar-refractivity contribution in [1.82, 2.24) is 4.90 Å². The van der Waals surface area contributed by atoms with Crippen LogP contribution in [0.3, 0.4) is 0 Å². The molecule has 1 aliphatic rings. The van der Waals surface area contributed by atoms with Gasteiger partial charge in [0.2, 0.25) is 0 Å². The molecule has 1 unspecified atom stereocenters. The predicted octanol–water partition coefficient (Wildman–Crippen LogP) is 2.14. The van der Waals surface area contributed by atoms with Gasteiger partial charge in [0.05, 0.1) is 11.0 Å². The molecule has 1 fully saturated rings. The van der Waals surface area contributed by atoms with E-state index in [1.807, 2.05) is 11.8 Å². The Morgan fingerprint density at radius 3 is 2.62 bits per heavy atom. The van der Waals surface area contributed by atoms with Gasteiger partial charge in [0.15, 0.2) is 0 Å². The fourth-order valence-corrected chi connectivity index (χ4v) is 2.68. The summed E-state index contributed by atoms with van der Waals surface area (Å²) in [6.07, 6.45) is 0.435. The lowest BCUT2D eigenvalue weighted by atomic mass is 10.2. The molecule has 0 amide bonds. The van der Waals surface area contributed by atoms with Crippen LogP contribution in [0.4, 0.5) is 11.4 Å². The normalized spacial score (nSPS) is 17.8. The number of piperazine rings is 1. The molecule has 1 heterocycles. The van der Waals surface area contributed by atoms with E-state index in [1.54, 1.807) is 12.1 Å². The molecule has 1 N–H and O–H groups in total. The average Bonchev–Trinajstić information content (AvgIpc) is 2.48. The van der Waals surface area contributed by atoms with Gasteiger partial charge in [-0.1, -0.05) is 18.5 Å². The number of anilines is 1. The number of nitrogens with zero attached hydrogens (tertiary/aromatic N) is 3. The second-order valence-corrected chi connectivity index (χ2v) is 5.68. The third-order valence-corrected chi connectivity index (χ3v) is 4.02. The highest BCUT2D eigenvalue weighted by Crippen LogP contribution is 2.31. The van der Waals surface area contributed by atoms with Gasteiger partial charge in [0.1, 0.15) is 5.69 Å². The van der Waals surface area contributed by atoms with E-state index < -0.39 is 4.92 Å². The van der Waals surface area contributed by atoms with Crippen molar-refractivity contribution in [3.63, 3.8) is 0 Å². The Bertz CT molecular complexity index is 504. The number of nitro benzene ring substituents is 1. The zero-order valence-corrected chi connectivity index (χ0v) is 12.8. The first-order valence-corrected chi connectivity index (χ1v) is 7.48. The number of hydrogen-bond donors (Lipinski definition) is 1. The summed E-state index contributed by atoms with van der Waals surface area (Å²) in [5.41, 5.74) is 0.657. The SMILES string of the molecule is CCC(O)CN1CCN(c2ccc(Cl)cc2[N+](=O)[O-])CC1. The van der Waals surface area contributed by atoms with Crippen molar-refractivity contribution in [1.29, 1.82) is 0 Å². The molecule has 1 saturated heterocycles. The molecule has 0 bridgehead atoms. The van der Waals surface area contributed by atoms with Crippen molar-refractivity contribution in [3.8, 4) is 0 Å². The minimum absolute atomic E-state index is 0.0459. The summed E-state index contributed by atoms with van der Waals surface area (Å²) in [5.74, 6) is 0. The zero-order valence-electron chi connectivity index (χ0n) is 12.0. The van der Waals surface area contributed by atoms with E-state index in [1.165, 1.54) is 6.07 Å². The van der Waals surface area contributed by atoms with E-state index >= 15 is 0 Å². The second-order valence-electron chi connectivity index (χ2n) is 5.24. The van der Waals surface area contributed by atoms with Crippen LogP contribution in [-0.2, 0) is 0 Å². The minimum Gasteiger partial charge on any atom is -0.392 e. The molecule has 6 nitrogen and oxygen atoms in total. The number of benzene rings is 1. The summed E-state index contributed by atoms with van der Waals surface area (Å²) in [4.78, 5) is 14.9. The van der Waals surface area contributed by atoms with Crippen LogP contribution in [0.2, 0.25) is 5.02 Å². The first-order valence-electron chi connectivity index (χ1n) is 7.10. The summed E-state index contributed by atoms with van der Waals surface area (Å²) >= 11 is 5.84. The van der Waals surface area contributed by atoms with E-state index in [9.17, 15) is 15.2 Å². The molecule has 0 aliphatic carbocycles. The number of rotatable bonds is 5. The van der Waals surface area contributed by atoms with E-state index in [0.29, 0.717) is 30.3 Å². The van der Waals surface area contributed by atoms with Crippen molar-refractivity contribution < 1.29 is 10.0 Å². The molecule has 0 spiro atoms. The molecule has 2 rings (SSSR count). The Labute approximate surface area is 129 Å². The lowest BCUT2D eigenvalue weighted by Crippen LogP contribution is -2.48. The molecule has 0 radical (unpaired) electrons. The summed E-state index contributed by atoms with van der Waals surface area (Å²) < 4.78 is 0. The Morgan fingerprint density at radius 1 is 1.38 bits per heavy atom. The highest BCUT2D eigenvalue weighted by atomic mass is 35.5. The quantitative estimate of drug-likeness (QED) is 0.666. The molecule has 1 aromatic rings. The first-order chi connectivity index (χ1) is 10.0. The second kappa shape index (κ2) is 7.06. The summed E-state index contributed by atoms with van der Waals surface area (Å²) in [6.45, 7) is 5.61. The van der Waals surface area contributed by atoms with Crippen molar-refractivity contribution >= 4 is 23.0 Å². The van der Waals surface area contributed by atoms with Crippen molar-refractivity contribution in [2.75, 3.05) is 37.6 Å². The average molecular weight is 314 g/mol. The molecule has 1 atom stereocenters. The number of hydrogen-bond acceptors (Lipinski definition) is 5. The lowest BCUT2D eigenvalue weighted by Gasteiger charge is -2.36. The van der Waals surface area contributed by atoms with Crippen LogP contribution in [0.5, 0.6) is 0 Å². The molecule has 0 saturated carbocycles. The number of halogens is 1. The molecule has 7 heteroatoms. The van der Waals surface area contributed by atoms with Crippen LogP contribution in [0.25, 0.3) is 0 Å². The van der Waals surface area contributed by atoms with Gasteiger partial charge < -0.3 is 10.0 Å². The van der Waals surface area contributed by atoms with E-state index in [2.05, 4.69) is 4.90 Å². The topological polar surface area (TPSA) is 69.8 Å². The van der Waals surface area contributed by atoms with Crippen LogP contribution in [0.1, 0.15) is 13.3 Å². The Balaban J connectivity index is 2.04. The van der Waals surface area contributed by atoms with Gasteiger partial charge in [-0.3, -0.25) is 15.0 Å². The number of aliphatic hydroxyl groups is 1. The molecular formula is C14H20ClN3O3. The third kappa shape index (κ3) is 4.06. The van der Waals surface area contributed by atoms with Crippen LogP contribution < -0.4 is 4.90 Å². The van der Waals surface area contributed by atoms with Gasteiger partial charge in [0, 0.05) is 43.8 Å². The van der Waals surface area contributed by atoms with E-state index in [-0.39, 0.29) is 11.8 Å².